The number of hydrogen-bond donors (Lipinski definition) is 0. The molecule has 1 fully saturated rings. The lowest BCUT2D eigenvalue weighted by atomic mass is 9.74. The number of Topliss-reactive ketones (excluding diaryl/α,β-unsaturated/α-hetero) is 1. The molecule has 0 N–H and O–H groups in total. The van der Waals surface area contributed by atoms with Gasteiger partial charge in [-0.1, -0.05) is 31.7 Å². The first-order valence-electron chi connectivity index (χ1n) is 12.7. The minimum Gasteiger partial charge on any atom is -0.490 e. The van der Waals surface area contributed by atoms with E-state index in [1.54, 1.807) is 23.4 Å². The number of ether oxygens (including phenoxy) is 3. The van der Waals surface area contributed by atoms with Crippen LogP contribution < -0.4 is 9.47 Å². The molecule has 2 aromatic rings. The second kappa shape index (κ2) is 10.2. The number of carbonyl (C=O) groups is 2. The van der Waals surface area contributed by atoms with Crippen LogP contribution in [0.4, 0.5) is 0 Å². The molecule has 7 nitrogen and oxygen atoms in total. The number of ketones is 1. The fraction of sp³-hybridized carbons (Fsp3) is 0.414. The summed E-state index contributed by atoms with van der Waals surface area (Å²) in [6.07, 6.45) is 7.45. The van der Waals surface area contributed by atoms with Crippen molar-refractivity contribution in [2.24, 2.45) is 11.8 Å². The van der Waals surface area contributed by atoms with Crippen LogP contribution in [0.5, 0.6) is 11.5 Å². The summed E-state index contributed by atoms with van der Waals surface area (Å²) >= 11 is 0. The van der Waals surface area contributed by atoms with Gasteiger partial charge in [0, 0.05) is 18.9 Å². The van der Waals surface area contributed by atoms with Crippen LogP contribution in [-0.4, -0.2) is 40.9 Å². The molecule has 4 unspecified atom stereocenters. The minimum atomic E-state index is -0.578. The molecule has 1 aromatic heterocycles. The van der Waals surface area contributed by atoms with Crippen LogP contribution in [0.15, 0.2) is 66.7 Å². The molecule has 1 saturated carbocycles. The summed E-state index contributed by atoms with van der Waals surface area (Å²) < 4.78 is 18.0. The van der Waals surface area contributed by atoms with E-state index in [1.807, 2.05) is 37.3 Å². The van der Waals surface area contributed by atoms with Crippen molar-refractivity contribution in [2.75, 3.05) is 13.2 Å². The highest BCUT2D eigenvalue weighted by molar-refractivity contribution is 6.11. The molecule has 1 aliphatic carbocycles. The Morgan fingerprint density at radius 2 is 2.06 bits per heavy atom. The molecule has 7 heteroatoms. The summed E-state index contributed by atoms with van der Waals surface area (Å²) in [6.45, 7) is 8.90. The van der Waals surface area contributed by atoms with E-state index in [2.05, 4.69) is 18.5 Å². The Bertz CT molecular complexity index is 1190. The van der Waals surface area contributed by atoms with Crippen molar-refractivity contribution in [3.63, 3.8) is 0 Å². The molecule has 1 aromatic carbocycles. The molecule has 5 rings (SSSR count). The predicted molar refractivity (Wildman–Crippen MR) is 134 cm³/mol. The fourth-order valence-corrected chi connectivity index (χ4v) is 5.55. The molecular weight excluding hydrogens is 456 g/mol. The Labute approximate surface area is 211 Å². The number of pyridine rings is 1. The van der Waals surface area contributed by atoms with E-state index >= 15 is 0 Å². The van der Waals surface area contributed by atoms with Crippen LogP contribution in [0.1, 0.15) is 50.3 Å². The smallest absolute Gasteiger partial charge is 0.290 e. The molecule has 1 amide bonds. The first-order valence-corrected chi connectivity index (χ1v) is 12.7. The van der Waals surface area contributed by atoms with Gasteiger partial charge in [0.15, 0.2) is 23.0 Å². The lowest BCUT2D eigenvalue weighted by Gasteiger charge is -2.37. The van der Waals surface area contributed by atoms with Crippen LogP contribution in [0.3, 0.4) is 0 Å². The Kier molecular flexibility index (Phi) is 6.81. The molecular formula is C29H32N2O5. The van der Waals surface area contributed by atoms with Crippen molar-refractivity contribution in [3.05, 3.63) is 77.8 Å². The third kappa shape index (κ3) is 4.38. The molecule has 3 heterocycles. The molecule has 36 heavy (non-hydrogen) atoms. The Hall–Kier alpha value is -3.61. The maximum Gasteiger partial charge on any atom is 0.290 e. The van der Waals surface area contributed by atoms with E-state index in [0.29, 0.717) is 42.7 Å². The molecule has 0 radical (unpaired) electrons. The lowest BCUT2D eigenvalue weighted by Crippen LogP contribution is -2.41. The zero-order valence-electron chi connectivity index (χ0n) is 20.8. The third-order valence-corrected chi connectivity index (χ3v) is 7.22. The van der Waals surface area contributed by atoms with Gasteiger partial charge in [-0.2, -0.15) is 0 Å². The number of fused-ring (bicyclic) bond motifs is 1. The zero-order chi connectivity index (χ0) is 25.2. The standard InChI is InChI=1S/C29H32N2O5/c1-4-13-35-23-11-9-20(15-24(23)34-5-2)26-25-27(32)21-14-18(3)8-10-22(21)36-28(25)29(33)31(26)17-19-7-6-12-30-16-19/h4,6-7,9,11-12,15-16,18,21-22,26H,1,5,8,10,13-14,17H2,2-3H3. The molecule has 4 atom stereocenters. The van der Waals surface area contributed by atoms with Gasteiger partial charge in [0.25, 0.3) is 5.91 Å². The van der Waals surface area contributed by atoms with Crippen LogP contribution >= 0.6 is 0 Å². The molecule has 2 aliphatic heterocycles. The number of aromatic nitrogens is 1. The number of rotatable bonds is 8. The zero-order valence-corrected chi connectivity index (χ0v) is 20.8. The van der Waals surface area contributed by atoms with Gasteiger partial charge in [-0.25, -0.2) is 0 Å². The topological polar surface area (TPSA) is 78.0 Å². The van der Waals surface area contributed by atoms with Crippen molar-refractivity contribution >= 4 is 11.7 Å². The Balaban J connectivity index is 1.58. The van der Waals surface area contributed by atoms with Gasteiger partial charge in [-0.3, -0.25) is 14.6 Å². The van der Waals surface area contributed by atoms with Crippen LogP contribution in [0.2, 0.25) is 0 Å². The summed E-state index contributed by atoms with van der Waals surface area (Å²) in [5, 5.41) is 0. The van der Waals surface area contributed by atoms with Crippen molar-refractivity contribution in [1.29, 1.82) is 0 Å². The summed E-state index contributed by atoms with van der Waals surface area (Å²) in [6, 6.07) is 8.79. The van der Waals surface area contributed by atoms with E-state index in [9.17, 15) is 9.59 Å². The predicted octanol–water partition coefficient (Wildman–Crippen LogP) is 4.79. The van der Waals surface area contributed by atoms with E-state index in [4.69, 9.17) is 14.2 Å². The fourth-order valence-electron chi connectivity index (χ4n) is 5.55. The number of nitrogens with zero attached hydrogens (tertiary/aromatic N) is 2. The van der Waals surface area contributed by atoms with Gasteiger partial charge in [-0.05, 0) is 61.4 Å². The second-order valence-corrected chi connectivity index (χ2v) is 9.72. The van der Waals surface area contributed by atoms with Gasteiger partial charge in [-0.15, -0.1) is 0 Å². The summed E-state index contributed by atoms with van der Waals surface area (Å²) in [7, 11) is 0. The molecule has 0 bridgehead atoms. The van der Waals surface area contributed by atoms with Gasteiger partial charge in [0.2, 0.25) is 0 Å². The third-order valence-electron chi connectivity index (χ3n) is 7.22. The minimum absolute atomic E-state index is 0.0322. The monoisotopic (exact) mass is 488 g/mol. The number of hydrogen-bond acceptors (Lipinski definition) is 6. The van der Waals surface area contributed by atoms with Gasteiger partial charge in [0.1, 0.15) is 12.7 Å². The normalized spacial score (nSPS) is 25.2. The number of benzene rings is 1. The van der Waals surface area contributed by atoms with Gasteiger partial charge < -0.3 is 19.1 Å². The first-order chi connectivity index (χ1) is 17.5. The highest BCUT2D eigenvalue weighted by Gasteiger charge is 2.52. The average Bonchev–Trinajstić information content (AvgIpc) is 3.16. The van der Waals surface area contributed by atoms with Gasteiger partial charge in [0.05, 0.1) is 24.1 Å². The molecule has 0 saturated heterocycles. The van der Waals surface area contributed by atoms with E-state index in [-0.39, 0.29) is 29.5 Å². The van der Waals surface area contributed by atoms with Crippen LogP contribution in [0, 0.1) is 11.8 Å². The quantitative estimate of drug-likeness (QED) is 0.498. The Morgan fingerprint density at radius 3 is 2.81 bits per heavy atom. The van der Waals surface area contributed by atoms with Gasteiger partial charge >= 0.3 is 0 Å². The SMILES string of the molecule is C=CCOc1ccc(C2C3=C(OC4CCC(C)CC4C3=O)C(=O)N2Cc2cccnc2)cc1OCC. The van der Waals surface area contributed by atoms with Crippen LogP contribution in [0.25, 0.3) is 0 Å². The average molecular weight is 489 g/mol. The second-order valence-electron chi connectivity index (χ2n) is 9.72. The highest BCUT2D eigenvalue weighted by atomic mass is 16.5. The van der Waals surface area contributed by atoms with Crippen LogP contribution in [-0.2, 0) is 20.9 Å². The van der Waals surface area contributed by atoms with Crippen molar-refractivity contribution in [1.82, 2.24) is 9.88 Å². The summed E-state index contributed by atoms with van der Waals surface area (Å²) in [5.74, 6) is 1.36. The molecule has 188 valence electrons. The number of amides is 1. The summed E-state index contributed by atoms with van der Waals surface area (Å²) in [4.78, 5) is 33.6. The first kappa shape index (κ1) is 24.1. The van der Waals surface area contributed by atoms with Crippen molar-refractivity contribution in [2.45, 2.75) is 51.8 Å². The Morgan fingerprint density at radius 1 is 1.19 bits per heavy atom. The maximum absolute atomic E-state index is 13.9. The van der Waals surface area contributed by atoms with E-state index < -0.39 is 6.04 Å². The molecule has 3 aliphatic rings. The van der Waals surface area contributed by atoms with Crippen molar-refractivity contribution < 1.29 is 23.8 Å². The maximum atomic E-state index is 13.9. The largest absolute Gasteiger partial charge is 0.490 e. The molecule has 0 spiro atoms. The lowest BCUT2D eigenvalue weighted by molar-refractivity contribution is -0.136. The van der Waals surface area contributed by atoms with E-state index in [1.165, 1.54) is 0 Å². The van der Waals surface area contributed by atoms with Crippen molar-refractivity contribution in [3.8, 4) is 11.5 Å². The highest BCUT2D eigenvalue weighted by Crippen LogP contribution is 2.48. The summed E-state index contributed by atoms with van der Waals surface area (Å²) in [5.41, 5.74) is 2.12. The number of carbonyl (C=O) groups excluding carboxylic acids is 2. The van der Waals surface area contributed by atoms with E-state index in [0.717, 1.165) is 30.4 Å².